The van der Waals surface area contributed by atoms with Gasteiger partial charge in [-0.2, -0.15) is 0 Å². The van der Waals surface area contributed by atoms with E-state index < -0.39 is 0 Å². The molecule has 0 saturated carbocycles. The second kappa shape index (κ2) is 6.55. The molecule has 0 radical (unpaired) electrons. The summed E-state index contributed by atoms with van der Waals surface area (Å²) in [4.78, 5) is 0. The fourth-order valence-corrected chi connectivity index (χ4v) is 2.86. The van der Waals surface area contributed by atoms with Crippen molar-refractivity contribution in [2.24, 2.45) is 0 Å². The van der Waals surface area contributed by atoms with E-state index in [1.165, 1.54) is 30.4 Å². The van der Waals surface area contributed by atoms with Crippen LogP contribution in [0.5, 0.6) is 0 Å². The van der Waals surface area contributed by atoms with Crippen molar-refractivity contribution in [1.82, 2.24) is 0 Å². The minimum Gasteiger partial charge on any atom is -0.378 e. The Hall–Kier alpha value is -0.340. The molecule has 0 bridgehead atoms. The molecule has 0 aliphatic carbocycles. The third kappa shape index (κ3) is 3.82. The van der Waals surface area contributed by atoms with Crippen LogP contribution in [0.4, 0.5) is 0 Å². The summed E-state index contributed by atoms with van der Waals surface area (Å²) in [6, 6.07) is 8.87. The summed E-state index contributed by atoms with van der Waals surface area (Å²) in [5, 5.41) is 0.938. The molecule has 1 fully saturated rings. The Kier molecular flexibility index (Phi) is 5.05. The van der Waals surface area contributed by atoms with Crippen LogP contribution in [0.15, 0.2) is 24.3 Å². The van der Waals surface area contributed by atoms with Crippen LogP contribution in [0.1, 0.15) is 49.7 Å². The van der Waals surface area contributed by atoms with Crippen LogP contribution >= 0.6 is 15.9 Å². The van der Waals surface area contributed by atoms with Gasteiger partial charge in [-0.05, 0) is 42.7 Å². The van der Waals surface area contributed by atoms with Crippen LogP contribution in [0.25, 0.3) is 0 Å². The number of alkyl halides is 1. The second-order valence-electron chi connectivity index (χ2n) is 5.00. The van der Waals surface area contributed by atoms with Crippen molar-refractivity contribution in [2.75, 3.05) is 6.61 Å². The highest BCUT2D eigenvalue weighted by Crippen LogP contribution is 2.27. The van der Waals surface area contributed by atoms with E-state index in [0.717, 1.165) is 18.4 Å². The zero-order valence-electron chi connectivity index (χ0n) is 10.5. The average molecular weight is 297 g/mol. The van der Waals surface area contributed by atoms with Crippen molar-refractivity contribution < 1.29 is 4.74 Å². The lowest BCUT2D eigenvalue weighted by Gasteiger charge is -2.25. The van der Waals surface area contributed by atoms with E-state index in [1.54, 1.807) is 0 Å². The third-order valence-electron chi connectivity index (χ3n) is 3.56. The topological polar surface area (TPSA) is 9.23 Å². The van der Waals surface area contributed by atoms with Crippen LogP contribution in [0, 0.1) is 0 Å². The van der Waals surface area contributed by atoms with Gasteiger partial charge in [0.05, 0.1) is 6.10 Å². The van der Waals surface area contributed by atoms with E-state index in [1.807, 2.05) is 0 Å². The van der Waals surface area contributed by atoms with Crippen molar-refractivity contribution in [1.29, 1.82) is 0 Å². The lowest BCUT2D eigenvalue weighted by atomic mass is 9.91. The van der Waals surface area contributed by atoms with Crippen LogP contribution in [-0.2, 0) is 10.1 Å². The van der Waals surface area contributed by atoms with E-state index in [2.05, 4.69) is 47.1 Å². The Morgan fingerprint density at radius 1 is 1.41 bits per heavy atom. The molecule has 2 unspecified atom stereocenters. The van der Waals surface area contributed by atoms with Crippen molar-refractivity contribution in [2.45, 2.75) is 50.0 Å². The lowest BCUT2D eigenvalue weighted by Crippen LogP contribution is -2.20. The second-order valence-corrected chi connectivity index (χ2v) is 5.56. The summed E-state index contributed by atoms with van der Waals surface area (Å²) in [7, 11) is 0. The maximum Gasteiger partial charge on any atom is 0.0580 e. The van der Waals surface area contributed by atoms with Gasteiger partial charge >= 0.3 is 0 Å². The molecule has 1 heterocycles. The molecule has 1 saturated heterocycles. The summed E-state index contributed by atoms with van der Waals surface area (Å²) in [6.07, 6.45) is 5.45. The molecule has 1 aliphatic rings. The van der Waals surface area contributed by atoms with E-state index in [4.69, 9.17) is 4.74 Å². The van der Waals surface area contributed by atoms with Gasteiger partial charge in [0.25, 0.3) is 0 Å². The summed E-state index contributed by atoms with van der Waals surface area (Å²) in [5.74, 6) is 0.595. The summed E-state index contributed by atoms with van der Waals surface area (Å²) in [6.45, 7) is 3.27. The number of benzene rings is 1. The van der Waals surface area contributed by atoms with Gasteiger partial charge in [0.2, 0.25) is 0 Å². The Balaban J connectivity index is 1.95. The average Bonchev–Trinajstić information content (AvgIpc) is 2.40. The minimum absolute atomic E-state index is 0.478. The van der Waals surface area contributed by atoms with Gasteiger partial charge in [0.15, 0.2) is 0 Å². The molecule has 2 heteroatoms. The Bertz CT molecular complexity index is 345. The fraction of sp³-hybridized carbons (Fsp3) is 0.600. The van der Waals surface area contributed by atoms with E-state index in [-0.39, 0.29) is 0 Å². The molecule has 1 nitrogen and oxygen atoms in total. The first-order chi connectivity index (χ1) is 8.29. The molecule has 0 N–H and O–H groups in total. The third-order valence-corrected chi connectivity index (χ3v) is 4.21. The van der Waals surface area contributed by atoms with Crippen LogP contribution in [0.3, 0.4) is 0 Å². The molecular formula is C15H21BrO. The Morgan fingerprint density at radius 3 is 3.00 bits per heavy atom. The van der Waals surface area contributed by atoms with Gasteiger partial charge in [-0.1, -0.05) is 47.1 Å². The molecule has 1 aromatic carbocycles. The normalized spacial score (nSPS) is 22.4. The number of rotatable bonds is 4. The predicted molar refractivity (Wildman–Crippen MR) is 75.7 cm³/mol. The molecule has 1 aliphatic heterocycles. The van der Waals surface area contributed by atoms with Crippen LogP contribution < -0.4 is 0 Å². The first kappa shape index (κ1) is 13.1. The van der Waals surface area contributed by atoms with Gasteiger partial charge < -0.3 is 4.74 Å². The highest BCUT2D eigenvalue weighted by Gasteiger charge is 2.17. The molecule has 94 valence electrons. The molecule has 17 heavy (non-hydrogen) atoms. The highest BCUT2D eigenvalue weighted by atomic mass is 79.9. The number of halogens is 1. The zero-order valence-corrected chi connectivity index (χ0v) is 12.1. The molecule has 2 atom stereocenters. The number of ether oxygens (including phenoxy) is 1. The SMILES string of the molecule is CC(CC1CCCCO1)c1cccc(CBr)c1. The zero-order chi connectivity index (χ0) is 12.1. The number of hydrogen-bond acceptors (Lipinski definition) is 1. The summed E-state index contributed by atoms with van der Waals surface area (Å²) in [5.41, 5.74) is 2.80. The standard InChI is InChI=1S/C15H21BrO/c1-12(9-15-7-2-3-8-17-15)14-6-4-5-13(10-14)11-16/h4-6,10,12,15H,2-3,7-9,11H2,1H3. The molecule has 1 aromatic rings. The molecular weight excluding hydrogens is 276 g/mol. The fourth-order valence-electron chi connectivity index (χ4n) is 2.51. The monoisotopic (exact) mass is 296 g/mol. The molecule has 0 spiro atoms. The van der Waals surface area contributed by atoms with Gasteiger partial charge in [0.1, 0.15) is 0 Å². The van der Waals surface area contributed by atoms with Crippen LogP contribution in [-0.4, -0.2) is 12.7 Å². The summed E-state index contributed by atoms with van der Waals surface area (Å²) < 4.78 is 5.82. The van der Waals surface area contributed by atoms with Crippen LogP contribution in [0.2, 0.25) is 0 Å². The van der Waals surface area contributed by atoms with Gasteiger partial charge in [-0.15, -0.1) is 0 Å². The molecule has 2 rings (SSSR count). The maximum absolute atomic E-state index is 5.82. The smallest absolute Gasteiger partial charge is 0.0580 e. The quantitative estimate of drug-likeness (QED) is 0.735. The van der Waals surface area contributed by atoms with Gasteiger partial charge in [-0.3, -0.25) is 0 Å². The Labute approximate surface area is 113 Å². The van der Waals surface area contributed by atoms with Crippen molar-refractivity contribution in [3.8, 4) is 0 Å². The highest BCUT2D eigenvalue weighted by molar-refractivity contribution is 9.08. The van der Waals surface area contributed by atoms with Crippen molar-refractivity contribution in [3.63, 3.8) is 0 Å². The number of hydrogen-bond donors (Lipinski definition) is 0. The van der Waals surface area contributed by atoms with Gasteiger partial charge in [-0.25, -0.2) is 0 Å². The lowest BCUT2D eigenvalue weighted by molar-refractivity contribution is 0.00791. The van der Waals surface area contributed by atoms with E-state index in [0.29, 0.717) is 12.0 Å². The Morgan fingerprint density at radius 2 is 2.29 bits per heavy atom. The van der Waals surface area contributed by atoms with Crippen molar-refractivity contribution >= 4 is 15.9 Å². The minimum atomic E-state index is 0.478. The maximum atomic E-state index is 5.82. The molecule has 0 amide bonds. The van der Waals surface area contributed by atoms with Crippen molar-refractivity contribution in [3.05, 3.63) is 35.4 Å². The predicted octanol–water partition coefficient (Wildman–Crippen LogP) is 4.64. The largest absolute Gasteiger partial charge is 0.378 e. The van der Waals surface area contributed by atoms with E-state index >= 15 is 0 Å². The van der Waals surface area contributed by atoms with E-state index in [9.17, 15) is 0 Å². The first-order valence-corrected chi connectivity index (χ1v) is 7.68. The first-order valence-electron chi connectivity index (χ1n) is 6.56. The van der Waals surface area contributed by atoms with Gasteiger partial charge in [0, 0.05) is 11.9 Å². The summed E-state index contributed by atoms with van der Waals surface area (Å²) >= 11 is 3.51. The molecule has 0 aromatic heterocycles.